The molecule has 0 bridgehead atoms. The van der Waals surface area contributed by atoms with Crippen molar-refractivity contribution in [1.82, 2.24) is 19.5 Å². The van der Waals surface area contributed by atoms with Crippen molar-refractivity contribution in [2.24, 2.45) is 17.1 Å². The number of nitrogens with one attached hydrogen (secondary N) is 2. The van der Waals surface area contributed by atoms with Gasteiger partial charge < -0.3 is 21.5 Å². The molecule has 38 heavy (non-hydrogen) atoms. The van der Waals surface area contributed by atoms with E-state index in [0.717, 1.165) is 25.0 Å². The lowest BCUT2D eigenvalue weighted by atomic mass is 9.73. The van der Waals surface area contributed by atoms with Gasteiger partial charge >= 0.3 is 0 Å². The van der Waals surface area contributed by atoms with Crippen LogP contribution in [0.1, 0.15) is 64.8 Å². The van der Waals surface area contributed by atoms with Crippen molar-refractivity contribution < 1.29 is 18.7 Å². The summed E-state index contributed by atoms with van der Waals surface area (Å²) in [6.45, 7) is 4.12. The largest absolute Gasteiger partial charge is 0.392 e. The minimum Gasteiger partial charge on any atom is -0.392 e. The molecule has 2 aliphatic carbocycles. The van der Waals surface area contributed by atoms with E-state index < -0.39 is 17.7 Å². The maximum atomic E-state index is 14.6. The summed E-state index contributed by atoms with van der Waals surface area (Å²) in [6, 6.07) is 1.93. The van der Waals surface area contributed by atoms with Crippen LogP contribution in [0.2, 0.25) is 5.02 Å². The molecule has 2 aromatic heterocycles. The molecule has 1 aromatic carbocycles. The number of carbonyl (C=O) groups excluding carboxylic acids is 1. The second kappa shape index (κ2) is 10.3. The molecule has 204 valence electrons. The summed E-state index contributed by atoms with van der Waals surface area (Å²) in [6.07, 6.45) is 5.86. The summed E-state index contributed by atoms with van der Waals surface area (Å²) in [5.41, 5.74) is 5.96. The maximum Gasteiger partial charge on any atom is 0.224 e. The maximum absolute atomic E-state index is 14.6. The van der Waals surface area contributed by atoms with E-state index in [1.807, 2.05) is 4.57 Å². The van der Waals surface area contributed by atoms with E-state index in [-0.39, 0.29) is 46.0 Å². The number of nitrogens with two attached hydrogens (primary N) is 1. The molecule has 1 amide bonds. The Morgan fingerprint density at radius 2 is 1.84 bits per heavy atom. The highest BCUT2D eigenvalue weighted by atomic mass is 35.5. The van der Waals surface area contributed by atoms with Crippen LogP contribution in [0.5, 0.6) is 0 Å². The van der Waals surface area contributed by atoms with Gasteiger partial charge in [-0.25, -0.2) is 18.7 Å². The average Bonchev–Trinajstić information content (AvgIpc) is 3.21. The predicted molar refractivity (Wildman–Crippen MR) is 141 cm³/mol. The fourth-order valence-electron chi connectivity index (χ4n) is 5.52. The molecule has 12 heteroatoms. The van der Waals surface area contributed by atoms with Crippen LogP contribution in [-0.2, 0) is 4.79 Å². The highest BCUT2D eigenvalue weighted by molar-refractivity contribution is 6.30. The topological polar surface area (TPSA) is 131 Å². The number of aliphatic hydroxyl groups excluding tert-OH is 1. The number of anilines is 3. The lowest BCUT2D eigenvalue weighted by Gasteiger charge is -2.39. The third kappa shape index (κ3) is 5.26. The van der Waals surface area contributed by atoms with E-state index in [9.17, 15) is 18.7 Å². The van der Waals surface area contributed by atoms with Crippen LogP contribution in [0.15, 0.2) is 18.3 Å². The minimum atomic E-state index is -0.849. The van der Waals surface area contributed by atoms with Crippen LogP contribution in [0.3, 0.4) is 0 Å². The molecular formula is C26H32ClF2N7O2. The summed E-state index contributed by atoms with van der Waals surface area (Å²) in [4.78, 5) is 25.4. The number of amides is 1. The van der Waals surface area contributed by atoms with Crippen LogP contribution < -0.4 is 16.4 Å². The SMILES string of the molecule is CC1(C)CCC(Nc2ncc3nc(Nc4c(F)cc(Cl)cc4F)n([C@H]4CC[C@@H](C(N)=O)CC4)c3n2)C[C@H]1O. The molecule has 2 atom stereocenters. The van der Waals surface area contributed by atoms with E-state index in [4.69, 9.17) is 22.3 Å². The molecule has 0 radical (unpaired) electrons. The second-order valence-electron chi connectivity index (χ2n) is 11.1. The second-order valence-corrected chi connectivity index (χ2v) is 11.5. The molecule has 0 saturated heterocycles. The third-order valence-electron chi connectivity index (χ3n) is 8.02. The Labute approximate surface area is 224 Å². The van der Waals surface area contributed by atoms with Gasteiger partial charge in [0.15, 0.2) is 17.3 Å². The first-order chi connectivity index (χ1) is 18.0. The number of rotatable bonds is 6. The van der Waals surface area contributed by atoms with Crippen LogP contribution in [0.4, 0.5) is 26.4 Å². The number of fused-ring (bicyclic) bond motifs is 1. The van der Waals surface area contributed by atoms with Crippen LogP contribution >= 0.6 is 11.6 Å². The number of carbonyl (C=O) groups is 1. The normalized spacial score (nSPS) is 25.3. The van der Waals surface area contributed by atoms with Gasteiger partial charge in [-0.1, -0.05) is 25.4 Å². The van der Waals surface area contributed by atoms with Crippen molar-refractivity contribution in [1.29, 1.82) is 0 Å². The van der Waals surface area contributed by atoms with Gasteiger partial charge in [-0.3, -0.25) is 9.36 Å². The van der Waals surface area contributed by atoms with Gasteiger partial charge in [-0.2, -0.15) is 4.98 Å². The Hall–Kier alpha value is -3.05. The number of imidazole rings is 1. The number of aliphatic hydroxyl groups is 1. The monoisotopic (exact) mass is 547 g/mol. The zero-order chi connectivity index (χ0) is 27.2. The fraction of sp³-hybridized carbons (Fsp3) is 0.538. The molecular weight excluding hydrogens is 516 g/mol. The molecule has 3 aromatic rings. The van der Waals surface area contributed by atoms with Crippen LogP contribution in [-0.4, -0.2) is 42.7 Å². The van der Waals surface area contributed by atoms with E-state index in [1.54, 1.807) is 6.20 Å². The highest BCUT2D eigenvalue weighted by Gasteiger charge is 2.35. The van der Waals surface area contributed by atoms with Crippen LogP contribution in [0, 0.1) is 23.0 Å². The summed E-state index contributed by atoms with van der Waals surface area (Å²) in [5.74, 6) is -1.64. The van der Waals surface area contributed by atoms with Crippen molar-refractivity contribution in [2.75, 3.05) is 10.6 Å². The highest BCUT2D eigenvalue weighted by Crippen LogP contribution is 2.39. The van der Waals surface area contributed by atoms with E-state index in [0.29, 0.717) is 49.2 Å². The predicted octanol–water partition coefficient (Wildman–Crippen LogP) is 5.07. The number of nitrogens with zero attached hydrogens (tertiary/aromatic N) is 4. The quantitative estimate of drug-likeness (QED) is 0.339. The summed E-state index contributed by atoms with van der Waals surface area (Å²) in [7, 11) is 0. The smallest absolute Gasteiger partial charge is 0.224 e. The molecule has 2 saturated carbocycles. The number of benzene rings is 1. The standard InChI is InChI=1S/C26H32ClF2N7O2/c1-26(2)8-7-15(11-20(26)37)32-24-31-12-19-23(35-24)36(16-5-3-13(4-6-16)22(30)38)25(33-19)34-21-17(28)9-14(27)10-18(21)29/h9-10,12-13,15-16,20,37H,3-8,11H2,1-2H3,(H2,30,38)(H,33,34)(H,31,32,35)/t13-,15?,16+,20-/m1/s1. The molecule has 2 heterocycles. The Bertz CT molecular complexity index is 1330. The summed E-state index contributed by atoms with van der Waals surface area (Å²) >= 11 is 5.80. The van der Waals surface area contributed by atoms with Gasteiger partial charge in [0.25, 0.3) is 0 Å². The fourth-order valence-corrected chi connectivity index (χ4v) is 5.71. The number of primary amides is 1. The Morgan fingerprint density at radius 1 is 1.16 bits per heavy atom. The number of halogens is 3. The number of aromatic nitrogens is 4. The van der Waals surface area contributed by atoms with E-state index in [1.165, 1.54) is 0 Å². The minimum absolute atomic E-state index is 0.00714. The Kier molecular flexibility index (Phi) is 7.17. The number of hydrogen-bond donors (Lipinski definition) is 4. The van der Waals surface area contributed by atoms with E-state index >= 15 is 0 Å². The van der Waals surface area contributed by atoms with Crippen molar-refractivity contribution in [2.45, 2.75) is 77.0 Å². The van der Waals surface area contributed by atoms with Crippen molar-refractivity contribution in [3.05, 3.63) is 35.0 Å². The zero-order valence-electron chi connectivity index (χ0n) is 21.3. The Morgan fingerprint density at radius 3 is 2.47 bits per heavy atom. The summed E-state index contributed by atoms with van der Waals surface area (Å²) < 4.78 is 31.1. The van der Waals surface area contributed by atoms with Gasteiger partial charge in [0.1, 0.15) is 11.2 Å². The molecule has 5 N–H and O–H groups in total. The lowest BCUT2D eigenvalue weighted by molar-refractivity contribution is -0.122. The van der Waals surface area contributed by atoms with Crippen molar-refractivity contribution in [3.63, 3.8) is 0 Å². The van der Waals surface area contributed by atoms with Gasteiger partial charge in [0, 0.05) is 23.0 Å². The van der Waals surface area contributed by atoms with Gasteiger partial charge in [0.2, 0.25) is 17.8 Å². The first-order valence-corrected chi connectivity index (χ1v) is 13.3. The Balaban J connectivity index is 1.49. The zero-order valence-corrected chi connectivity index (χ0v) is 22.1. The molecule has 9 nitrogen and oxygen atoms in total. The molecule has 0 spiro atoms. The molecule has 5 rings (SSSR count). The van der Waals surface area contributed by atoms with Gasteiger partial charge in [-0.05, 0) is 62.5 Å². The molecule has 1 unspecified atom stereocenters. The van der Waals surface area contributed by atoms with Gasteiger partial charge in [0.05, 0.1) is 12.3 Å². The van der Waals surface area contributed by atoms with Gasteiger partial charge in [-0.15, -0.1) is 0 Å². The van der Waals surface area contributed by atoms with E-state index in [2.05, 4.69) is 34.4 Å². The molecule has 2 fully saturated rings. The van der Waals surface area contributed by atoms with Crippen molar-refractivity contribution >= 4 is 46.3 Å². The molecule has 0 aliphatic heterocycles. The molecule has 2 aliphatic rings. The number of hydrogen-bond acceptors (Lipinski definition) is 7. The van der Waals surface area contributed by atoms with Crippen molar-refractivity contribution in [3.8, 4) is 0 Å². The third-order valence-corrected chi connectivity index (χ3v) is 8.24. The average molecular weight is 548 g/mol. The van der Waals surface area contributed by atoms with Crippen LogP contribution in [0.25, 0.3) is 11.2 Å². The first-order valence-electron chi connectivity index (χ1n) is 12.9. The lowest BCUT2D eigenvalue weighted by Crippen LogP contribution is -2.41. The summed E-state index contributed by atoms with van der Waals surface area (Å²) in [5, 5.41) is 16.6. The first kappa shape index (κ1) is 26.6.